The molecule has 1 aliphatic rings. The van der Waals surface area contributed by atoms with E-state index in [0.717, 1.165) is 25.7 Å². The van der Waals surface area contributed by atoms with Crippen molar-refractivity contribution in [2.24, 2.45) is 0 Å². The van der Waals surface area contributed by atoms with E-state index in [0.29, 0.717) is 37.3 Å². The van der Waals surface area contributed by atoms with E-state index >= 15 is 0 Å². The summed E-state index contributed by atoms with van der Waals surface area (Å²) in [6, 6.07) is 16.9. The van der Waals surface area contributed by atoms with Gasteiger partial charge < -0.3 is 15.5 Å². The summed E-state index contributed by atoms with van der Waals surface area (Å²) in [7, 11) is 0. The fraction of sp³-hybridized carbons (Fsp3) is 0.348. The topological polar surface area (TPSA) is 85.2 Å². The summed E-state index contributed by atoms with van der Waals surface area (Å²) in [6.07, 6.45) is 3.80. The molecular weight excluding hydrogens is 364 g/mol. The Morgan fingerprint density at radius 2 is 1.55 bits per heavy atom. The first-order chi connectivity index (χ1) is 14.2. The smallest absolute Gasteiger partial charge is 0.318 e. The molecular formula is C23H26N4O2. The van der Waals surface area contributed by atoms with Gasteiger partial charge in [-0.3, -0.25) is 4.79 Å². The molecule has 0 atom stereocenters. The number of carbonyl (C=O) groups excluding carboxylic acids is 2. The number of carbonyl (C=O) groups is 2. The zero-order valence-corrected chi connectivity index (χ0v) is 16.5. The van der Waals surface area contributed by atoms with Crippen LogP contribution in [0.1, 0.15) is 52.7 Å². The lowest BCUT2D eigenvalue weighted by Crippen LogP contribution is -2.36. The number of hydrogen-bond acceptors (Lipinski definition) is 3. The summed E-state index contributed by atoms with van der Waals surface area (Å²) < 4.78 is 0. The predicted octanol–water partition coefficient (Wildman–Crippen LogP) is 3.57. The second-order valence-corrected chi connectivity index (χ2v) is 7.22. The Morgan fingerprint density at radius 3 is 2.21 bits per heavy atom. The maximum absolute atomic E-state index is 12.3. The highest BCUT2D eigenvalue weighted by atomic mass is 16.2. The van der Waals surface area contributed by atoms with Crippen molar-refractivity contribution in [3.8, 4) is 6.07 Å². The number of fused-ring (bicyclic) bond motifs is 1. The Hall–Kier alpha value is -3.33. The van der Waals surface area contributed by atoms with Crippen molar-refractivity contribution in [3.05, 3.63) is 70.8 Å². The molecule has 29 heavy (non-hydrogen) atoms. The molecule has 2 aromatic rings. The van der Waals surface area contributed by atoms with Gasteiger partial charge in [0.15, 0.2) is 0 Å². The fourth-order valence-corrected chi connectivity index (χ4v) is 3.42. The fourth-order valence-electron chi connectivity index (χ4n) is 3.42. The van der Waals surface area contributed by atoms with Crippen LogP contribution in [-0.4, -0.2) is 29.9 Å². The molecule has 150 valence electrons. The Balaban J connectivity index is 1.23. The third-order valence-corrected chi connectivity index (χ3v) is 5.05. The standard InChI is InChI=1S/C23H26N4O2/c24-15-18-8-7-11-19(14-18)22(28)25-12-5-1-2-6-13-26-23(29)27-16-20-9-3-4-10-21(20)17-27/h3-4,7-11,14H,1-2,5-6,12-13,16-17H2,(H,25,28)(H,26,29). The first-order valence-corrected chi connectivity index (χ1v) is 10.1. The number of amides is 3. The minimum atomic E-state index is -0.152. The molecule has 0 saturated carbocycles. The maximum Gasteiger partial charge on any atom is 0.318 e. The molecule has 1 heterocycles. The van der Waals surface area contributed by atoms with Crippen molar-refractivity contribution in [3.63, 3.8) is 0 Å². The molecule has 0 aromatic heterocycles. The molecule has 0 unspecified atom stereocenters. The molecule has 0 bridgehead atoms. The van der Waals surface area contributed by atoms with Crippen LogP contribution in [0.15, 0.2) is 48.5 Å². The molecule has 0 spiro atoms. The zero-order valence-electron chi connectivity index (χ0n) is 16.5. The molecule has 6 heteroatoms. The van der Waals surface area contributed by atoms with Crippen molar-refractivity contribution >= 4 is 11.9 Å². The van der Waals surface area contributed by atoms with Gasteiger partial charge >= 0.3 is 6.03 Å². The van der Waals surface area contributed by atoms with E-state index in [9.17, 15) is 9.59 Å². The number of nitrogens with one attached hydrogen (secondary N) is 2. The molecule has 2 N–H and O–H groups in total. The van der Waals surface area contributed by atoms with Gasteiger partial charge in [0.1, 0.15) is 0 Å². The van der Waals surface area contributed by atoms with Gasteiger partial charge in [0, 0.05) is 31.7 Å². The van der Waals surface area contributed by atoms with Crippen LogP contribution in [0.4, 0.5) is 4.79 Å². The summed E-state index contributed by atoms with van der Waals surface area (Å²) in [5.74, 6) is -0.152. The van der Waals surface area contributed by atoms with E-state index in [2.05, 4.69) is 22.8 Å². The van der Waals surface area contributed by atoms with Crippen LogP contribution < -0.4 is 10.6 Å². The Kier molecular flexibility index (Phi) is 7.23. The summed E-state index contributed by atoms with van der Waals surface area (Å²) >= 11 is 0. The van der Waals surface area contributed by atoms with Crippen LogP contribution in [0.25, 0.3) is 0 Å². The minimum Gasteiger partial charge on any atom is -0.352 e. The van der Waals surface area contributed by atoms with Gasteiger partial charge in [-0.2, -0.15) is 5.26 Å². The lowest BCUT2D eigenvalue weighted by atomic mass is 10.1. The van der Waals surface area contributed by atoms with Crippen LogP contribution in [-0.2, 0) is 13.1 Å². The van der Waals surface area contributed by atoms with Crippen molar-refractivity contribution in [1.82, 2.24) is 15.5 Å². The van der Waals surface area contributed by atoms with Crippen molar-refractivity contribution in [2.75, 3.05) is 13.1 Å². The van der Waals surface area contributed by atoms with Crippen LogP contribution >= 0.6 is 0 Å². The SMILES string of the molecule is N#Cc1cccc(C(=O)NCCCCCCNC(=O)N2Cc3ccccc3C2)c1. The Labute approximate surface area is 171 Å². The van der Waals surface area contributed by atoms with Crippen LogP contribution in [0.2, 0.25) is 0 Å². The summed E-state index contributed by atoms with van der Waals surface area (Å²) in [4.78, 5) is 26.1. The molecule has 0 aliphatic carbocycles. The molecule has 6 nitrogen and oxygen atoms in total. The van der Waals surface area contributed by atoms with Gasteiger partial charge in [0.25, 0.3) is 5.91 Å². The van der Waals surface area contributed by atoms with Crippen LogP contribution in [0.5, 0.6) is 0 Å². The lowest BCUT2D eigenvalue weighted by Gasteiger charge is -2.16. The molecule has 2 aromatic carbocycles. The van der Waals surface area contributed by atoms with Gasteiger partial charge in [-0.15, -0.1) is 0 Å². The maximum atomic E-state index is 12.3. The molecule has 1 aliphatic heterocycles. The molecule has 0 fully saturated rings. The number of nitrogens with zero attached hydrogens (tertiary/aromatic N) is 2. The quantitative estimate of drug-likeness (QED) is 0.676. The third kappa shape index (κ3) is 5.82. The van der Waals surface area contributed by atoms with E-state index in [4.69, 9.17) is 5.26 Å². The van der Waals surface area contributed by atoms with E-state index in [-0.39, 0.29) is 11.9 Å². The van der Waals surface area contributed by atoms with Gasteiger partial charge in [0.2, 0.25) is 0 Å². The summed E-state index contributed by atoms with van der Waals surface area (Å²) in [5.41, 5.74) is 3.45. The highest BCUT2D eigenvalue weighted by Gasteiger charge is 2.22. The number of unbranched alkanes of at least 4 members (excludes halogenated alkanes) is 3. The molecule has 3 amide bonds. The first-order valence-electron chi connectivity index (χ1n) is 10.1. The average molecular weight is 390 g/mol. The van der Waals surface area contributed by atoms with Gasteiger partial charge in [-0.1, -0.05) is 43.2 Å². The van der Waals surface area contributed by atoms with Crippen LogP contribution in [0.3, 0.4) is 0 Å². The largest absolute Gasteiger partial charge is 0.352 e. The van der Waals surface area contributed by atoms with Gasteiger partial charge in [0.05, 0.1) is 11.6 Å². The highest BCUT2D eigenvalue weighted by molar-refractivity contribution is 5.94. The summed E-state index contributed by atoms with van der Waals surface area (Å²) in [6.45, 7) is 2.63. The van der Waals surface area contributed by atoms with Crippen LogP contribution in [0, 0.1) is 11.3 Å². The summed E-state index contributed by atoms with van der Waals surface area (Å²) in [5, 5.41) is 14.8. The number of urea groups is 1. The highest BCUT2D eigenvalue weighted by Crippen LogP contribution is 2.21. The third-order valence-electron chi connectivity index (χ3n) is 5.05. The Morgan fingerprint density at radius 1 is 0.897 bits per heavy atom. The van der Waals surface area contributed by atoms with E-state index in [1.165, 1.54) is 11.1 Å². The molecule has 0 radical (unpaired) electrons. The number of hydrogen-bond donors (Lipinski definition) is 2. The monoisotopic (exact) mass is 390 g/mol. The first kappa shape index (κ1) is 20.4. The second kappa shape index (κ2) is 10.3. The van der Waals surface area contributed by atoms with Gasteiger partial charge in [-0.25, -0.2) is 4.79 Å². The van der Waals surface area contributed by atoms with E-state index < -0.39 is 0 Å². The number of nitriles is 1. The minimum absolute atomic E-state index is 0.00642. The molecule has 3 rings (SSSR count). The second-order valence-electron chi connectivity index (χ2n) is 7.22. The number of benzene rings is 2. The van der Waals surface area contributed by atoms with E-state index in [1.54, 1.807) is 24.3 Å². The average Bonchev–Trinajstić information content (AvgIpc) is 3.19. The lowest BCUT2D eigenvalue weighted by molar-refractivity contribution is 0.0953. The van der Waals surface area contributed by atoms with Crippen molar-refractivity contribution < 1.29 is 9.59 Å². The van der Waals surface area contributed by atoms with Crippen molar-refractivity contribution in [1.29, 1.82) is 5.26 Å². The normalized spacial score (nSPS) is 12.2. The Bertz CT molecular complexity index is 879. The van der Waals surface area contributed by atoms with Gasteiger partial charge in [-0.05, 0) is 42.2 Å². The van der Waals surface area contributed by atoms with E-state index in [1.807, 2.05) is 23.1 Å². The zero-order chi connectivity index (χ0) is 20.5. The molecule has 0 saturated heterocycles. The number of rotatable bonds is 8. The van der Waals surface area contributed by atoms with Crippen molar-refractivity contribution in [2.45, 2.75) is 38.8 Å². The predicted molar refractivity (Wildman–Crippen MR) is 111 cm³/mol.